The third-order valence-corrected chi connectivity index (χ3v) is 3.58. The molecule has 0 fully saturated rings. The predicted octanol–water partition coefficient (Wildman–Crippen LogP) is 3.33. The Bertz CT molecular complexity index is 497. The van der Waals surface area contributed by atoms with Crippen LogP contribution in [-0.2, 0) is 13.1 Å². The summed E-state index contributed by atoms with van der Waals surface area (Å²) < 4.78 is 2.30. The highest BCUT2D eigenvalue weighted by molar-refractivity contribution is 5.75. The summed E-state index contributed by atoms with van der Waals surface area (Å²) in [5.41, 5.74) is 2.34. The molecule has 1 heterocycles. The van der Waals surface area contributed by atoms with Crippen LogP contribution in [0.1, 0.15) is 39.4 Å². The molecule has 0 aliphatic heterocycles. The van der Waals surface area contributed by atoms with E-state index in [1.807, 2.05) is 6.07 Å². The lowest BCUT2D eigenvalue weighted by Gasteiger charge is -2.14. The summed E-state index contributed by atoms with van der Waals surface area (Å²) in [6.07, 6.45) is 2.34. The molecule has 98 valence electrons. The Kier molecular flexibility index (Phi) is 4.37. The molecule has 18 heavy (non-hydrogen) atoms. The van der Waals surface area contributed by atoms with Gasteiger partial charge in [-0.15, -0.1) is 0 Å². The molecule has 0 aliphatic rings. The van der Waals surface area contributed by atoms with Gasteiger partial charge in [0.25, 0.3) is 0 Å². The van der Waals surface area contributed by atoms with Crippen LogP contribution in [0.15, 0.2) is 24.3 Å². The maximum absolute atomic E-state index is 4.72. The highest BCUT2D eigenvalue weighted by Gasteiger charge is 2.10. The summed E-state index contributed by atoms with van der Waals surface area (Å²) >= 11 is 0. The zero-order valence-corrected chi connectivity index (χ0v) is 11.6. The summed E-state index contributed by atoms with van der Waals surface area (Å²) in [5.74, 6) is 1.14. The molecule has 1 N–H and O–H groups in total. The minimum Gasteiger partial charge on any atom is -0.327 e. The monoisotopic (exact) mass is 245 g/mol. The lowest BCUT2D eigenvalue weighted by atomic mass is 10.2. The molecular weight excluding hydrogens is 222 g/mol. The minimum absolute atomic E-state index is 0.593. The van der Waals surface area contributed by atoms with E-state index < -0.39 is 0 Å². The molecule has 0 bridgehead atoms. The highest BCUT2D eigenvalue weighted by atomic mass is 15.1. The molecule has 1 aromatic heterocycles. The van der Waals surface area contributed by atoms with Crippen LogP contribution in [0.5, 0.6) is 0 Å². The van der Waals surface area contributed by atoms with Gasteiger partial charge in [-0.3, -0.25) is 0 Å². The number of nitrogens with one attached hydrogen (secondary N) is 1. The first-order valence-electron chi connectivity index (χ1n) is 6.97. The van der Waals surface area contributed by atoms with Crippen molar-refractivity contribution in [3.05, 3.63) is 30.1 Å². The van der Waals surface area contributed by atoms with Crippen LogP contribution in [0.25, 0.3) is 11.0 Å². The van der Waals surface area contributed by atoms with Crippen LogP contribution in [0.4, 0.5) is 0 Å². The zero-order chi connectivity index (χ0) is 13.0. The summed E-state index contributed by atoms with van der Waals surface area (Å²) in [7, 11) is 0. The van der Waals surface area contributed by atoms with E-state index in [4.69, 9.17) is 4.98 Å². The summed E-state index contributed by atoms with van der Waals surface area (Å²) in [5, 5.41) is 3.59. The van der Waals surface area contributed by atoms with E-state index >= 15 is 0 Å². The molecule has 2 aromatic rings. The Morgan fingerprint density at radius 3 is 2.56 bits per heavy atom. The van der Waals surface area contributed by atoms with Crippen molar-refractivity contribution in [2.45, 2.75) is 52.7 Å². The van der Waals surface area contributed by atoms with Crippen molar-refractivity contribution in [2.24, 2.45) is 0 Å². The third kappa shape index (κ3) is 2.56. The predicted molar refractivity (Wildman–Crippen MR) is 76.6 cm³/mol. The lowest BCUT2D eigenvalue weighted by molar-refractivity contribution is 0.469. The van der Waals surface area contributed by atoms with Crippen LogP contribution in [0.3, 0.4) is 0 Å². The van der Waals surface area contributed by atoms with Crippen molar-refractivity contribution in [2.75, 3.05) is 0 Å². The van der Waals surface area contributed by atoms with Crippen molar-refractivity contribution in [1.29, 1.82) is 0 Å². The molecule has 0 atom stereocenters. The zero-order valence-electron chi connectivity index (χ0n) is 11.6. The number of aryl methyl sites for hydroxylation is 1. The molecular formula is C15H23N3. The smallest absolute Gasteiger partial charge is 0.123 e. The number of nitrogens with zero attached hydrogens (tertiary/aromatic N) is 2. The number of benzene rings is 1. The van der Waals surface area contributed by atoms with Gasteiger partial charge >= 0.3 is 0 Å². The van der Waals surface area contributed by atoms with Gasteiger partial charge in [-0.05, 0) is 31.9 Å². The van der Waals surface area contributed by atoms with Gasteiger partial charge in [0.2, 0.25) is 0 Å². The number of imidazole rings is 1. The summed E-state index contributed by atoms with van der Waals surface area (Å²) in [4.78, 5) is 4.72. The SMILES string of the molecule is CCC(CC)NCc1nc2ccccc2n1CC. The molecule has 1 aromatic carbocycles. The second kappa shape index (κ2) is 6.01. The average Bonchev–Trinajstić information content (AvgIpc) is 2.77. The molecule has 2 rings (SSSR count). The number of hydrogen-bond acceptors (Lipinski definition) is 2. The summed E-state index contributed by atoms with van der Waals surface area (Å²) in [6.45, 7) is 8.46. The second-order valence-corrected chi connectivity index (χ2v) is 4.66. The van der Waals surface area contributed by atoms with Crippen LogP contribution in [0, 0.1) is 0 Å². The fraction of sp³-hybridized carbons (Fsp3) is 0.533. The van der Waals surface area contributed by atoms with Crippen LogP contribution in [0.2, 0.25) is 0 Å². The molecule has 0 unspecified atom stereocenters. The van der Waals surface area contributed by atoms with E-state index in [1.165, 1.54) is 18.4 Å². The van der Waals surface area contributed by atoms with Gasteiger partial charge in [0.1, 0.15) is 5.82 Å². The van der Waals surface area contributed by atoms with Crippen molar-refractivity contribution in [3.63, 3.8) is 0 Å². The topological polar surface area (TPSA) is 29.9 Å². The number of fused-ring (bicyclic) bond motifs is 1. The van der Waals surface area contributed by atoms with E-state index in [2.05, 4.69) is 48.9 Å². The average molecular weight is 245 g/mol. The first kappa shape index (κ1) is 13.1. The van der Waals surface area contributed by atoms with Crippen molar-refractivity contribution < 1.29 is 0 Å². The van der Waals surface area contributed by atoms with Gasteiger partial charge in [0.05, 0.1) is 17.6 Å². The number of aromatic nitrogens is 2. The van der Waals surface area contributed by atoms with Crippen LogP contribution >= 0.6 is 0 Å². The maximum atomic E-state index is 4.72. The quantitative estimate of drug-likeness (QED) is 0.846. The molecule has 0 saturated carbocycles. The Hall–Kier alpha value is -1.35. The van der Waals surface area contributed by atoms with Gasteiger partial charge in [0.15, 0.2) is 0 Å². The van der Waals surface area contributed by atoms with Crippen molar-refractivity contribution in [3.8, 4) is 0 Å². The fourth-order valence-corrected chi connectivity index (χ4v) is 2.43. The summed E-state index contributed by atoms with van der Waals surface area (Å²) in [6, 6.07) is 8.95. The van der Waals surface area contributed by atoms with E-state index in [0.29, 0.717) is 6.04 Å². The van der Waals surface area contributed by atoms with E-state index in [-0.39, 0.29) is 0 Å². The molecule has 3 heteroatoms. The molecule has 0 amide bonds. The first-order chi connectivity index (χ1) is 8.80. The Morgan fingerprint density at radius 2 is 1.89 bits per heavy atom. The van der Waals surface area contributed by atoms with E-state index in [1.54, 1.807) is 0 Å². The first-order valence-corrected chi connectivity index (χ1v) is 6.97. The molecule has 0 aliphatic carbocycles. The normalized spacial score (nSPS) is 11.6. The van der Waals surface area contributed by atoms with Crippen LogP contribution < -0.4 is 5.32 Å². The van der Waals surface area contributed by atoms with Crippen molar-refractivity contribution >= 4 is 11.0 Å². The number of hydrogen-bond donors (Lipinski definition) is 1. The van der Waals surface area contributed by atoms with E-state index in [0.717, 1.165) is 24.4 Å². The van der Waals surface area contributed by atoms with Gasteiger partial charge in [0, 0.05) is 12.6 Å². The fourth-order valence-electron chi connectivity index (χ4n) is 2.43. The standard InChI is InChI=1S/C15H23N3/c1-4-12(5-2)16-11-15-17-13-9-7-8-10-14(13)18(15)6-3/h7-10,12,16H,4-6,11H2,1-3H3. The third-order valence-electron chi connectivity index (χ3n) is 3.58. The highest BCUT2D eigenvalue weighted by Crippen LogP contribution is 2.16. The second-order valence-electron chi connectivity index (χ2n) is 4.66. The number of rotatable bonds is 6. The van der Waals surface area contributed by atoms with Gasteiger partial charge in [-0.2, -0.15) is 0 Å². The molecule has 3 nitrogen and oxygen atoms in total. The molecule has 0 saturated heterocycles. The van der Waals surface area contributed by atoms with Crippen molar-refractivity contribution in [1.82, 2.24) is 14.9 Å². The van der Waals surface area contributed by atoms with Gasteiger partial charge in [-0.25, -0.2) is 4.98 Å². The van der Waals surface area contributed by atoms with Gasteiger partial charge < -0.3 is 9.88 Å². The van der Waals surface area contributed by atoms with E-state index in [9.17, 15) is 0 Å². The Balaban J connectivity index is 2.22. The Labute approximate surface area is 109 Å². The van der Waals surface area contributed by atoms with Gasteiger partial charge in [-0.1, -0.05) is 26.0 Å². The lowest BCUT2D eigenvalue weighted by Crippen LogP contribution is -2.28. The minimum atomic E-state index is 0.593. The number of para-hydroxylation sites is 2. The molecule has 0 spiro atoms. The molecule has 0 radical (unpaired) electrons. The Morgan fingerprint density at radius 1 is 1.17 bits per heavy atom. The van der Waals surface area contributed by atoms with Crippen LogP contribution in [-0.4, -0.2) is 15.6 Å². The largest absolute Gasteiger partial charge is 0.327 e. The maximum Gasteiger partial charge on any atom is 0.123 e.